The van der Waals surface area contributed by atoms with Crippen molar-refractivity contribution < 1.29 is 4.39 Å². The molecule has 2 rings (SSSR count). The lowest BCUT2D eigenvalue weighted by atomic mass is 10.1. The number of thioether (sulfide) groups is 1. The first kappa shape index (κ1) is 11.2. The van der Waals surface area contributed by atoms with Gasteiger partial charge in [-0.05, 0) is 23.3 Å². The van der Waals surface area contributed by atoms with Crippen molar-refractivity contribution in [3.8, 4) is 0 Å². The maximum Gasteiger partial charge on any atom is 0.165 e. The molecule has 0 atom stereocenters. The highest BCUT2D eigenvalue weighted by Crippen LogP contribution is 2.21. The second-order valence-corrected chi connectivity index (χ2v) is 4.26. The molecule has 3 N–H and O–H groups in total. The maximum atomic E-state index is 13.0. The number of hydrogen-bond acceptors (Lipinski definition) is 3. The Labute approximate surface area is 97.3 Å². The Morgan fingerprint density at radius 2 is 2.25 bits per heavy atom. The molecular weight excluding hydrogens is 225 g/mol. The van der Waals surface area contributed by atoms with E-state index in [1.807, 2.05) is 0 Å². The third-order valence-electron chi connectivity index (χ3n) is 2.23. The van der Waals surface area contributed by atoms with Crippen molar-refractivity contribution in [3.05, 3.63) is 47.5 Å². The topological polar surface area (TPSA) is 54.7 Å². The van der Waals surface area contributed by atoms with E-state index in [0.29, 0.717) is 6.54 Å². The van der Waals surface area contributed by atoms with Gasteiger partial charge in [-0.15, -0.1) is 0 Å². The van der Waals surface area contributed by atoms with Gasteiger partial charge in [-0.3, -0.25) is 0 Å². The van der Waals surface area contributed by atoms with Crippen molar-refractivity contribution in [2.24, 2.45) is 5.73 Å². The predicted octanol–water partition coefficient (Wildman–Crippen LogP) is 2.30. The van der Waals surface area contributed by atoms with E-state index < -0.39 is 0 Å². The van der Waals surface area contributed by atoms with Gasteiger partial charge < -0.3 is 10.7 Å². The number of hydrogen-bond donors (Lipinski definition) is 2. The molecule has 5 heteroatoms. The Hall–Kier alpha value is -1.33. The number of aromatic amines is 1. The summed E-state index contributed by atoms with van der Waals surface area (Å²) < 4.78 is 13.0. The number of halogens is 1. The molecule has 0 bridgehead atoms. The number of nitrogens with one attached hydrogen (secondary N) is 1. The van der Waals surface area contributed by atoms with Gasteiger partial charge in [0.25, 0.3) is 0 Å². The van der Waals surface area contributed by atoms with E-state index in [0.717, 1.165) is 22.0 Å². The van der Waals surface area contributed by atoms with Gasteiger partial charge >= 0.3 is 0 Å². The first-order chi connectivity index (χ1) is 7.79. The van der Waals surface area contributed by atoms with Crippen LogP contribution in [0.2, 0.25) is 0 Å². The van der Waals surface area contributed by atoms with E-state index in [9.17, 15) is 4.39 Å². The van der Waals surface area contributed by atoms with Crippen molar-refractivity contribution in [3.63, 3.8) is 0 Å². The van der Waals surface area contributed by atoms with Crippen molar-refractivity contribution >= 4 is 11.8 Å². The van der Waals surface area contributed by atoms with Crippen LogP contribution in [0.1, 0.15) is 11.1 Å². The molecule has 0 amide bonds. The molecule has 0 aliphatic carbocycles. The quantitative estimate of drug-likeness (QED) is 0.802. The number of imidazole rings is 1. The first-order valence-electron chi connectivity index (χ1n) is 4.89. The zero-order valence-electron chi connectivity index (χ0n) is 8.61. The number of benzene rings is 1. The number of rotatable bonds is 4. The van der Waals surface area contributed by atoms with Crippen LogP contribution in [0.5, 0.6) is 0 Å². The van der Waals surface area contributed by atoms with Gasteiger partial charge in [0.15, 0.2) is 5.16 Å². The number of H-pyrrole nitrogens is 1. The molecule has 1 aromatic heterocycles. The summed E-state index contributed by atoms with van der Waals surface area (Å²) in [7, 11) is 0. The average molecular weight is 237 g/mol. The zero-order valence-corrected chi connectivity index (χ0v) is 9.43. The molecule has 1 heterocycles. The van der Waals surface area contributed by atoms with Crippen LogP contribution in [0.15, 0.2) is 35.7 Å². The number of nitrogens with zero attached hydrogens (tertiary/aromatic N) is 1. The summed E-state index contributed by atoms with van der Waals surface area (Å²) in [4.78, 5) is 7.11. The van der Waals surface area contributed by atoms with Gasteiger partial charge in [-0.2, -0.15) is 0 Å². The molecule has 0 aliphatic rings. The Kier molecular flexibility index (Phi) is 3.58. The molecule has 84 valence electrons. The molecular formula is C11H12FN3S. The van der Waals surface area contributed by atoms with E-state index in [1.54, 1.807) is 30.2 Å². The summed E-state index contributed by atoms with van der Waals surface area (Å²) in [6.45, 7) is 0.353. The molecule has 16 heavy (non-hydrogen) atoms. The number of nitrogens with two attached hydrogens (primary N) is 1. The fourth-order valence-corrected chi connectivity index (χ4v) is 2.26. The highest BCUT2D eigenvalue weighted by atomic mass is 32.2. The molecule has 3 nitrogen and oxygen atoms in total. The average Bonchev–Trinajstić information content (AvgIpc) is 2.80. The summed E-state index contributed by atoms with van der Waals surface area (Å²) in [5, 5.41) is 0.854. The van der Waals surface area contributed by atoms with Crippen LogP contribution in [0, 0.1) is 5.82 Å². The van der Waals surface area contributed by atoms with E-state index in [2.05, 4.69) is 9.97 Å². The van der Waals surface area contributed by atoms with Gasteiger partial charge in [0, 0.05) is 24.7 Å². The summed E-state index contributed by atoms with van der Waals surface area (Å²) in [5.74, 6) is 0.493. The van der Waals surface area contributed by atoms with E-state index >= 15 is 0 Å². The van der Waals surface area contributed by atoms with Crippen molar-refractivity contribution in [2.75, 3.05) is 0 Å². The molecule has 0 saturated carbocycles. The fraction of sp³-hybridized carbons (Fsp3) is 0.182. The minimum Gasteiger partial charge on any atom is -0.340 e. The lowest BCUT2D eigenvalue weighted by Crippen LogP contribution is -2.01. The number of aromatic nitrogens is 2. The largest absolute Gasteiger partial charge is 0.340 e. The maximum absolute atomic E-state index is 13.0. The minimum atomic E-state index is -0.243. The lowest BCUT2D eigenvalue weighted by Gasteiger charge is -2.06. The van der Waals surface area contributed by atoms with Gasteiger partial charge in [-0.1, -0.05) is 17.8 Å². The first-order valence-corrected chi connectivity index (χ1v) is 5.87. The molecule has 0 spiro atoms. The summed E-state index contributed by atoms with van der Waals surface area (Å²) in [5.41, 5.74) is 7.46. The van der Waals surface area contributed by atoms with Gasteiger partial charge in [0.2, 0.25) is 0 Å². The van der Waals surface area contributed by atoms with Crippen LogP contribution in [0.3, 0.4) is 0 Å². The monoisotopic (exact) mass is 237 g/mol. The van der Waals surface area contributed by atoms with E-state index in [4.69, 9.17) is 5.73 Å². The third kappa shape index (κ3) is 2.62. The molecule has 1 aromatic carbocycles. The molecule has 0 radical (unpaired) electrons. The Balaban J connectivity index is 2.09. The van der Waals surface area contributed by atoms with Crippen LogP contribution in [-0.2, 0) is 12.3 Å². The third-order valence-corrected chi connectivity index (χ3v) is 3.18. The summed E-state index contributed by atoms with van der Waals surface area (Å²) in [6.07, 6.45) is 3.48. The predicted molar refractivity (Wildman–Crippen MR) is 62.4 cm³/mol. The minimum absolute atomic E-state index is 0.243. The van der Waals surface area contributed by atoms with Crippen molar-refractivity contribution in [1.82, 2.24) is 9.97 Å². The van der Waals surface area contributed by atoms with E-state index in [-0.39, 0.29) is 5.82 Å². The van der Waals surface area contributed by atoms with Crippen LogP contribution < -0.4 is 5.73 Å². The fourth-order valence-electron chi connectivity index (χ4n) is 1.40. The van der Waals surface area contributed by atoms with Crippen molar-refractivity contribution in [2.45, 2.75) is 17.5 Å². The standard InChI is InChI=1S/C11H12FN3S/c12-10-2-1-8(9(5-10)6-13)7-16-11-14-3-4-15-11/h1-5H,6-7,13H2,(H,14,15). The lowest BCUT2D eigenvalue weighted by molar-refractivity contribution is 0.624. The smallest absolute Gasteiger partial charge is 0.165 e. The zero-order chi connectivity index (χ0) is 11.4. The van der Waals surface area contributed by atoms with Crippen LogP contribution >= 0.6 is 11.8 Å². The highest BCUT2D eigenvalue weighted by molar-refractivity contribution is 7.98. The van der Waals surface area contributed by atoms with Crippen LogP contribution in [0.25, 0.3) is 0 Å². The van der Waals surface area contributed by atoms with E-state index in [1.165, 1.54) is 12.1 Å². The molecule has 0 aliphatic heterocycles. The molecule has 2 aromatic rings. The van der Waals surface area contributed by atoms with Gasteiger partial charge in [0.05, 0.1) is 0 Å². The van der Waals surface area contributed by atoms with Gasteiger partial charge in [-0.25, -0.2) is 9.37 Å². The van der Waals surface area contributed by atoms with Crippen LogP contribution in [0.4, 0.5) is 4.39 Å². The SMILES string of the molecule is NCc1cc(F)ccc1CSc1ncc[nH]1. The second-order valence-electron chi connectivity index (χ2n) is 3.30. The Morgan fingerprint density at radius 3 is 2.94 bits per heavy atom. The summed E-state index contributed by atoms with van der Waals surface area (Å²) >= 11 is 1.57. The normalized spacial score (nSPS) is 10.6. The van der Waals surface area contributed by atoms with Gasteiger partial charge in [0.1, 0.15) is 5.82 Å². The Morgan fingerprint density at radius 1 is 1.38 bits per heavy atom. The highest BCUT2D eigenvalue weighted by Gasteiger charge is 2.04. The Bertz CT molecular complexity index is 456. The summed E-state index contributed by atoms with van der Waals surface area (Å²) in [6, 6.07) is 4.71. The molecule has 0 saturated heterocycles. The van der Waals surface area contributed by atoms with Crippen molar-refractivity contribution in [1.29, 1.82) is 0 Å². The molecule has 0 fully saturated rings. The second kappa shape index (κ2) is 5.14. The molecule has 0 unspecified atom stereocenters. The van der Waals surface area contributed by atoms with Crippen LogP contribution in [-0.4, -0.2) is 9.97 Å².